The van der Waals surface area contributed by atoms with Crippen LogP contribution in [0.15, 0.2) is 11.6 Å². The second-order valence-electron chi connectivity index (χ2n) is 8.57. The van der Waals surface area contributed by atoms with Crippen molar-refractivity contribution in [3.63, 3.8) is 0 Å². The summed E-state index contributed by atoms with van der Waals surface area (Å²) < 4.78 is 12.5. The highest BCUT2D eigenvalue weighted by Gasteiger charge is 2.53. The third kappa shape index (κ3) is 5.40. The number of fused-ring (bicyclic) bond motifs is 2. The van der Waals surface area contributed by atoms with E-state index in [1.807, 2.05) is 26.8 Å². The maximum absolute atomic E-state index is 12.2. The maximum atomic E-state index is 12.2. The molecule has 0 aliphatic carbocycles. The highest BCUT2D eigenvalue weighted by Crippen LogP contribution is 2.46. The Morgan fingerprint density at radius 1 is 1.31 bits per heavy atom. The van der Waals surface area contributed by atoms with Crippen molar-refractivity contribution in [3.05, 3.63) is 11.6 Å². The first-order valence-electron chi connectivity index (χ1n) is 9.85. The van der Waals surface area contributed by atoms with Crippen molar-refractivity contribution in [2.45, 2.75) is 96.4 Å². The quantitative estimate of drug-likeness (QED) is 0.584. The number of Topliss-reactive ketones (excluding diaryl/α,β-unsaturated/α-hetero) is 1. The van der Waals surface area contributed by atoms with Crippen molar-refractivity contribution in [2.24, 2.45) is 5.92 Å². The van der Waals surface area contributed by atoms with Gasteiger partial charge in [0.2, 0.25) is 0 Å². The van der Waals surface area contributed by atoms with Gasteiger partial charge in [-0.2, -0.15) is 0 Å². The molecule has 1 N–H and O–H groups in total. The fraction of sp³-hybridized carbons (Fsp3) is 0.810. The van der Waals surface area contributed by atoms with Crippen LogP contribution in [-0.2, 0) is 19.1 Å². The topological polar surface area (TPSA) is 72.8 Å². The SMILES string of the molecule is CC(C)=CCC(=O)C(C)CCC[C@]1(C)OC[C@]2(CCC(=O)O)CC[C@H]1O2. The first-order valence-corrected chi connectivity index (χ1v) is 9.85. The molecule has 0 saturated carbocycles. The van der Waals surface area contributed by atoms with Gasteiger partial charge in [0.1, 0.15) is 5.78 Å². The maximum Gasteiger partial charge on any atom is 0.303 e. The van der Waals surface area contributed by atoms with Crippen LogP contribution in [0.25, 0.3) is 0 Å². The van der Waals surface area contributed by atoms with Crippen LogP contribution in [0.5, 0.6) is 0 Å². The lowest BCUT2D eigenvalue weighted by Gasteiger charge is -2.44. The normalized spacial score (nSPS) is 31.5. The second kappa shape index (κ2) is 8.66. The Bertz CT molecular complexity index is 551. The molecule has 148 valence electrons. The summed E-state index contributed by atoms with van der Waals surface area (Å²) >= 11 is 0. The molecule has 0 spiro atoms. The van der Waals surface area contributed by atoms with Gasteiger partial charge in [-0.1, -0.05) is 18.6 Å². The van der Waals surface area contributed by atoms with E-state index in [1.54, 1.807) is 0 Å². The highest BCUT2D eigenvalue weighted by atomic mass is 16.6. The lowest BCUT2D eigenvalue weighted by atomic mass is 9.88. The van der Waals surface area contributed by atoms with E-state index in [9.17, 15) is 9.59 Å². The number of hydrogen-bond donors (Lipinski definition) is 1. The minimum Gasteiger partial charge on any atom is -0.481 e. The molecule has 0 radical (unpaired) electrons. The largest absolute Gasteiger partial charge is 0.481 e. The summed E-state index contributed by atoms with van der Waals surface area (Å²) in [5, 5.41) is 8.92. The van der Waals surface area contributed by atoms with E-state index >= 15 is 0 Å². The molecule has 2 heterocycles. The van der Waals surface area contributed by atoms with E-state index in [-0.39, 0.29) is 24.0 Å². The minimum absolute atomic E-state index is 0.0294. The Morgan fingerprint density at radius 3 is 2.69 bits per heavy atom. The Labute approximate surface area is 157 Å². The summed E-state index contributed by atoms with van der Waals surface area (Å²) in [5.41, 5.74) is 0.445. The second-order valence-corrected chi connectivity index (χ2v) is 8.57. The Morgan fingerprint density at radius 2 is 2.04 bits per heavy atom. The summed E-state index contributed by atoms with van der Waals surface area (Å²) in [6.07, 6.45) is 7.65. The number of carboxylic acids is 1. The molecule has 2 bridgehead atoms. The number of carboxylic acid groups (broad SMARTS) is 1. The van der Waals surface area contributed by atoms with Crippen molar-refractivity contribution in [2.75, 3.05) is 6.61 Å². The molecule has 2 aliphatic rings. The summed E-state index contributed by atoms with van der Waals surface area (Å²) in [6, 6.07) is 0. The Hall–Kier alpha value is -1.20. The van der Waals surface area contributed by atoms with Crippen LogP contribution in [0.1, 0.15) is 79.1 Å². The minimum atomic E-state index is -0.786. The van der Waals surface area contributed by atoms with E-state index < -0.39 is 11.6 Å². The highest BCUT2D eigenvalue weighted by molar-refractivity contribution is 5.82. The molecular weight excluding hydrogens is 332 g/mol. The number of ether oxygens (including phenoxy) is 2. The van der Waals surface area contributed by atoms with Crippen LogP contribution in [0.2, 0.25) is 0 Å². The molecule has 0 aromatic rings. The van der Waals surface area contributed by atoms with Gasteiger partial charge in [-0.25, -0.2) is 0 Å². The van der Waals surface area contributed by atoms with Crippen molar-refractivity contribution in [3.8, 4) is 0 Å². The van der Waals surface area contributed by atoms with E-state index in [1.165, 1.54) is 5.57 Å². The third-order valence-electron chi connectivity index (χ3n) is 5.97. The predicted molar refractivity (Wildman–Crippen MR) is 100 cm³/mol. The van der Waals surface area contributed by atoms with Gasteiger partial charge >= 0.3 is 5.97 Å². The Balaban J connectivity index is 1.79. The van der Waals surface area contributed by atoms with E-state index in [4.69, 9.17) is 14.6 Å². The fourth-order valence-corrected chi connectivity index (χ4v) is 3.99. The van der Waals surface area contributed by atoms with E-state index in [2.05, 4.69) is 6.92 Å². The van der Waals surface area contributed by atoms with Crippen LogP contribution in [0.3, 0.4) is 0 Å². The molecule has 2 fully saturated rings. The average molecular weight is 366 g/mol. The molecule has 2 saturated heterocycles. The summed E-state index contributed by atoms with van der Waals surface area (Å²) in [4.78, 5) is 23.0. The van der Waals surface area contributed by atoms with Crippen LogP contribution < -0.4 is 0 Å². The molecule has 4 atom stereocenters. The van der Waals surface area contributed by atoms with Gasteiger partial charge in [0.15, 0.2) is 0 Å². The van der Waals surface area contributed by atoms with Crippen molar-refractivity contribution >= 4 is 11.8 Å². The third-order valence-corrected chi connectivity index (χ3v) is 5.97. The summed E-state index contributed by atoms with van der Waals surface area (Å²) in [7, 11) is 0. The molecule has 2 rings (SSSR count). The number of allylic oxidation sites excluding steroid dienone is 2. The first-order chi connectivity index (χ1) is 12.2. The zero-order chi connectivity index (χ0) is 19.4. The number of aliphatic carboxylic acids is 1. The summed E-state index contributed by atoms with van der Waals surface area (Å²) in [6.45, 7) is 8.60. The zero-order valence-electron chi connectivity index (χ0n) is 16.7. The molecule has 5 heteroatoms. The molecule has 5 nitrogen and oxygen atoms in total. The zero-order valence-corrected chi connectivity index (χ0v) is 16.7. The van der Waals surface area contributed by atoms with Gasteiger partial charge in [0.05, 0.1) is 23.9 Å². The lowest BCUT2D eigenvalue weighted by molar-refractivity contribution is -0.242. The van der Waals surface area contributed by atoms with Crippen molar-refractivity contribution in [1.29, 1.82) is 0 Å². The fourth-order valence-electron chi connectivity index (χ4n) is 3.99. The van der Waals surface area contributed by atoms with Gasteiger partial charge in [-0.15, -0.1) is 0 Å². The average Bonchev–Trinajstić information content (AvgIpc) is 2.96. The van der Waals surface area contributed by atoms with Gasteiger partial charge in [0, 0.05) is 18.8 Å². The van der Waals surface area contributed by atoms with Crippen LogP contribution in [0.4, 0.5) is 0 Å². The van der Waals surface area contributed by atoms with Gasteiger partial charge < -0.3 is 14.6 Å². The molecule has 26 heavy (non-hydrogen) atoms. The monoisotopic (exact) mass is 366 g/mol. The number of ketones is 1. The van der Waals surface area contributed by atoms with Gasteiger partial charge in [-0.05, 0) is 59.3 Å². The van der Waals surface area contributed by atoms with Crippen LogP contribution >= 0.6 is 0 Å². The standard InChI is InChI=1S/C21H34O5/c1-15(2)7-8-17(22)16(3)6-5-11-20(4)18-9-12-21(26-18,14-25-20)13-10-19(23)24/h7,16,18H,5-6,8-14H2,1-4H3,(H,23,24)/t16?,18-,20+,21-/m1/s1. The number of hydrogen-bond acceptors (Lipinski definition) is 4. The summed E-state index contributed by atoms with van der Waals surface area (Å²) in [5.74, 6) is -0.422. The smallest absolute Gasteiger partial charge is 0.303 e. The van der Waals surface area contributed by atoms with Crippen molar-refractivity contribution < 1.29 is 24.2 Å². The first kappa shape index (κ1) is 21.1. The van der Waals surface area contributed by atoms with Crippen LogP contribution in [0, 0.1) is 5.92 Å². The van der Waals surface area contributed by atoms with Crippen LogP contribution in [-0.4, -0.2) is 40.8 Å². The molecule has 1 unspecified atom stereocenters. The molecular formula is C21H34O5. The molecule has 0 aromatic heterocycles. The van der Waals surface area contributed by atoms with E-state index in [0.29, 0.717) is 25.2 Å². The lowest BCUT2D eigenvalue weighted by Crippen LogP contribution is -2.52. The van der Waals surface area contributed by atoms with Gasteiger partial charge in [-0.3, -0.25) is 9.59 Å². The molecule has 0 amide bonds. The van der Waals surface area contributed by atoms with E-state index in [0.717, 1.165) is 32.1 Å². The molecule has 0 aromatic carbocycles. The van der Waals surface area contributed by atoms with Crippen molar-refractivity contribution in [1.82, 2.24) is 0 Å². The number of carbonyl (C=O) groups is 2. The van der Waals surface area contributed by atoms with Gasteiger partial charge in [0.25, 0.3) is 0 Å². The predicted octanol–water partition coefficient (Wildman–Crippen LogP) is 4.29. The number of rotatable bonds is 10. The number of carbonyl (C=O) groups excluding carboxylic acids is 1. The molecule has 2 aliphatic heterocycles. The Kier molecular flexibility index (Phi) is 7.03.